The third-order valence-corrected chi connectivity index (χ3v) is 3.80. The lowest BCUT2D eigenvalue weighted by atomic mass is 10.1. The Kier molecular flexibility index (Phi) is 6.86. The molecule has 138 valence electrons. The fourth-order valence-corrected chi connectivity index (χ4v) is 2.47. The maximum atomic E-state index is 12.2. The predicted octanol–water partition coefficient (Wildman–Crippen LogP) is 3.80. The van der Waals surface area contributed by atoms with E-state index in [1.165, 1.54) is 26.4 Å². The van der Waals surface area contributed by atoms with E-state index in [1.54, 1.807) is 24.3 Å². The number of Topliss-reactive ketones (excluding diaryl/α,β-unsaturated/α-hetero) is 1. The summed E-state index contributed by atoms with van der Waals surface area (Å²) in [5.74, 6) is 0.384. The zero-order valence-corrected chi connectivity index (χ0v) is 15.5. The maximum Gasteiger partial charge on any atom is 0.338 e. The summed E-state index contributed by atoms with van der Waals surface area (Å²) in [6.07, 6.45) is 0. The lowest BCUT2D eigenvalue weighted by Crippen LogP contribution is -2.14. The van der Waals surface area contributed by atoms with Crippen LogP contribution in [0.5, 0.6) is 17.2 Å². The summed E-state index contributed by atoms with van der Waals surface area (Å²) in [6, 6.07) is 9.26. The van der Waals surface area contributed by atoms with Gasteiger partial charge in [-0.05, 0) is 43.3 Å². The normalized spacial score (nSPS) is 10.2. The van der Waals surface area contributed by atoms with Crippen LogP contribution in [0.1, 0.15) is 27.6 Å². The number of hydrogen-bond acceptors (Lipinski definition) is 6. The molecule has 0 radical (unpaired) electrons. The van der Waals surface area contributed by atoms with Crippen LogP contribution in [0.15, 0.2) is 36.4 Å². The monoisotopic (exact) mass is 378 g/mol. The predicted molar refractivity (Wildman–Crippen MR) is 96.8 cm³/mol. The van der Waals surface area contributed by atoms with Crippen molar-refractivity contribution in [2.75, 3.05) is 27.4 Å². The van der Waals surface area contributed by atoms with Gasteiger partial charge in [0.1, 0.15) is 5.75 Å². The van der Waals surface area contributed by atoms with E-state index >= 15 is 0 Å². The van der Waals surface area contributed by atoms with Gasteiger partial charge >= 0.3 is 5.97 Å². The molecule has 6 nitrogen and oxygen atoms in total. The Bertz CT molecular complexity index is 803. The third kappa shape index (κ3) is 4.67. The Morgan fingerprint density at radius 3 is 2.19 bits per heavy atom. The summed E-state index contributed by atoms with van der Waals surface area (Å²) in [6.45, 7) is 1.84. The zero-order valence-electron chi connectivity index (χ0n) is 14.7. The van der Waals surface area contributed by atoms with Crippen LogP contribution in [-0.4, -0.2) is 39.2 Å². The van der Waals surface area contributed by atoms with Crippen LogP contribution in [0, 0.1) is 0 Å². The average Bonchev–Trinajstić information content (AvgIpc) is 2.65. The first-order valence-corrected chi connectivity index (χ1v) is 8.22. The van der Waals surface area contributed by atoms with Crippen molar-refractivity contribution < 1.29 is 28.5 Å². The lowest BCUT2D eigenvalue weighted by molar-refractivity contribution is 0.0474. The molecule has 0 aliphatic rings. The molecule has 2 aromatic carbocycles. The van der Waals surface area contributed by atoms with Gasteiger partial charge in [-0.15, -0.1) is 0 Å². The molecule has 0 atom stereocenters. The highest BCUT2D eigenvalue weighted by atomic mass is 35.5. The number of benzene rings is 2. The van der Waals surface area contributed by atoms with Gasteiger partial charge in [0.15, 0.2) is 23.9 Å². The fraction of sp³-hybridized carbons (Fsp3) is 0.263. The van der Waals surface area contributed by atoms with E-state index in [0.29, 0.717) is 34.4 Å². The first-order valence-electron chi connectivity index (χ1n) is 7.84. The van der Waals surface area contributed by atoms with Crippen LogP contribution in [0.25, 0.3) is 0 Å². The molecule has 7 heteroatoms. The van der Waals surface area contributed by atoms with E-state index < -0.39 is 12.6 Å². The topological polar surface area (TPSA) is 71.1 Å². The minimum Gasteiger partial charge on any atom is -0.495 e. The minimum atomic E-state index is -0.637. The van der Waals surface area contributed by atoms with Gasteiger partial charge in [0.2, 0.25) is 0 Å². The van der Waals surface area contributed by atoms with E-state index in [0.717, 1.165) is 0 Å². The first kappa shape index (κ1) is 19.6. The molecule has 0 aromatic heterocycles. The van der Waals surface area contributed by atoms with Crippen LogP contribution in [-0.2, 0) is 4.74 Å². The molecule has 0 saturated carbocycles. The molecular weight excluding hydrogens is 360 g/mol. The van der Waals surface area contributed by atoms with Gasteiger partial charge in [-0.1, -0.05) is 11.6 Å². The summed E-state index contributed by atoms with van der Waals surface area (Å²) in [5, 5.41) is 0.307. The van der Waals surface area contributed by atoms with Gasteiger partial charge in [0, 0.05) is 5.56 Å². The molecule has 0 aliphatic carbocycles. The van der Waals surface area contributed by atoms with Crippen molar-refractivity contribution in [1.29, 1.82) is 0 Å². The number of rotatable bonds is 8. The largest absolute Gasteiger partial charge is 0.495 e. The number of ether oxygens (including phenoxy) is 4. The van der Waals surface area contributed by atoms with Gasteiger partial charge < -0.3 is 18.9 Å². The van der Waals surface area contributed by atoms with Crippen LogP contribution < -0.4 is 14.2 Å². The number of carbonyl (C=O) groups is 2. The molecule has 0 N–H and O–H groups in total. The van der Waals surface area contributed by atoms with Crippen molar-refractivity contribution in [2.24, 2.45) is 0 Å². The second-order valence-electron chi connectivity index (χ2n) is 5.15. The molecule has 26 heavy (non-hydrogen) atoms. The van der Waals surface area contributed by atoms with Gasteiger partial charge in [0.25, 0.3) is 0 Å². The van der Waals surface area contributed by atoms with Crippen LogP contribution in [0.3, 0.4) is 0 Å². The highest BCUT2D eigenvalue weighted by molar-refractivity contribution is 6.32. The molecule has 2 aromatic rings. The number of hydrogen-bond donors (Lipinski definition) is 0. The van der Waals surface area contributed by atoms with Crippen LogP contribution >= 0.6 is 11.6 Å². The Balaban J connectivity index is 2.05. The van der Waals surface area contributed by atoms with Gasteiger partial charge in [-0.3, -0.25) is 4.79 Å². The Morgan fingerprint density at radius 2 is 1.58 bits per heavy atom. The van der Waals surface area contributed by atoms with E-state index in [2.05, 4.69) is 0 Å². The summed E-state index contributed by atoms with van der Waals surface area (Å²) < 4.78 is 20.7. The van der Waals surface area contributed by atoms with Gasteiger partial charge in [0.05, 0.1) is 31.4 Å². The molecule has 0 aliphatic heterocycles. The Labute approximate surface area is 156 Å². The van der Waals surface area contributed by atoms with Crippen molar-refractivity contribution >= 4 is 23.4 Å². The summed E-state index contributed by atoms with van der Waals surface area (Å²) in [7, 11) is 2.99. The van der Waals surface area contributed by atoms with E-state index in [1.807, 2.05) is 6.92 Å². The highest BCUT2D eigenvalue weighted by Crippen LogP contribution is 2.28. The van der Waals surface area contributed by atoms with Crippen molar-refractivity contribution in [3.63, 3.8) is 0 Å². The van der Waals surface area contributed by atoms with Crippen molar-refractivity contribution in [3.05, 3.63) is 52.5 Å². The Morgan fingerprint density at radius 1 is 0.923 bits per heavy atom. The van der Waals surface area contributed by atoms with Gasteiger partial charge in [-0.2, -0.15) is 0 Å². The third-order valence-electron chi connectivity index (χ3n) is 3.51. The average molecular weight is 379 g/mol. The van der Waals surface area contributed by atoms with Crippen LogP contribution in [0.4, 0.5) is 0 Å². The number of carbonyl (C=O) groups excluding carboxylic acids is 2. The minimum absolute atomic E-state index is 0.259. The first-order chi connectivity index (χ1) is 12.5. The zero-order chi connectivity index (χ0) is 19.1. The summed E-state index contributed by atoms with van der Waals surface area (Å²) in [4.78, 5) is 24.4. The van der Waals surface area contributed by atoms with Crippen molar-refractivity contribution in [3.8, 4) is 17.2 Å². The molecule has 2 rings (SSSR count). The Hall–Kier alpha value is -2.73. The number of ketones is 1. The molecule has 0 saturated heterocycles. The van der Waals surface area contributed by atoms with E-state index in [9.17, 15) is 9.59 Å². The molecule has 0 bridgehead atoms. The maximum absolute atomic E-state index is 12.2. The van der Waals surface area contributed by atoms with Crippen LogP contribution in [0.2, 0.25) is 5.02 Å². The molecule has 0 fully saturated rings. The summed E-state index contributed by atoms with van der Waals surface area (Å²) in [5.41, 5.74) is 0.586. The number of esters is 1. The number of halogens is 1. The quantitative estimate of drug-likeness (QED) is 0.514. The smallest absolute Gasteiger partial charge is 0.338 e. The summed E-state index contributed by atoms with van der Waals surface area (Å²) >= 11 is 6.00. The SMILES string of the molecule is CCOc1cc(C(=O)OCC(=O)c2ccc(OC)c(Cl)c2)ccc1OC. The molecular formula is C19H19ClO6. The van der Waals surface area contributed by atoms with Crippen molar-refractivity contribution in [2.45, 2.75) is 6.92 Å². The van der Waals surface area contributed by atoms with E-state index in [-0.39, 0.29) is 11.3 Å². The van der Waals surface area contributed by atoms with Gasteiger partial charge in [-0.25, -0.2) is 4.79 Å². The van der Waals surface area contributed by atoms with E-state index in [4.69, 9.17) is 30.5 Å². The molecule has 0 unspecified atom stereocenters. The standard InChI is InChI=1S/C19H19ClO6/c1-4-25-18-10-13(6-8-17(18)24-3)19(22)26-11-15(21)12-5-7-16(23-2)14(20)9-12/h5-10H,4,11H2,1-3H3. The second-order valence-corrected chi connectivity index (χ2v) is 5.55. The second kappa shape index (κ2) is 9.10. The fourth-order valence-electron chi connectivity index (χ4n) is 2.21. The molecule has 0 heterocycles. The highest BCUT2D eigenvalue weighted by Gasteiger charge is 2.15. The van der Waals surface area contributed by atoms with Crippen molar-refractivity contribution in [1.82, 2.24) is 0 Å². The molecule has 0 amide bonds. The lowest BCUT2D eigenvalue weighted by Gasteiger charge is -2.11. The molecule has 0 spiro atoms. The number of methoxy groups -OCH3 is 2.